The standard InChI is InChI=1S/C12H11ClFN3O/c1-7-11(13)9(17(2)16-7)6-10(18)12-8(14)4-3-5-15-12/h3-5H,6H2,1-2H3. The van der Waals surface area contributed by atoms with E-state index in [4.69, 9.17) is 11.6 Å². The second-order valence-corrected chi connectivity index (χ2v) is 4.28. The largest absolute Gasteiger partial charge is 0.292 e. The molecule has 94 valence electrons. The Kier molecular flexibility index (Phi) is 3.43. The van der Waals surface area contributed by atoms with Crippen LogP contribution >= 0.6 is 11.6 Å². The summed E-state index contributed by atoms with van der Waals surface area (Å²) in [5.74, 6) is -1.05. The van der Waals surface area contributed by atoms with E-state index in [2.05, 4.69) is 10.1 Å². The summed E-state index contributed by atoms with van der Waals surface area (Å²) in [5.41, 5.74) is 1.03. The smallest absolute Gasteiger partial charge is 0.190 e. The number of rotatable bonds is 3. The first kappa shape index (κ1) is 12.7. The van der Waals surface area contributed by atoms with Crippen LogP contribution in [-0.4, -0.2) is 20.5 Å². The minimum Gasteiger partial charge on any atom is -0.292 e. The van der Waals surface area contributed by atoms with Gasteiger partial charge in [0, 0.05) is 13.2 Å². The Morgan fingerprint density at radius 3 is 2.83 bits per heavy atom. The Balaban J connectivity index is 2.30. The van der Waals surface area contributed by atoms with E-state index >= 15 is 0 Å². The predicted molar refractivity (Wildman–Crippen MR) is 65.2 cm³/mol. The predicted octanol–water partition coefficient (Wildman–Crippen LogP) is 2.34. The van der Waals surface area contributed by atoms with Gasteiger partial charge in [-0.1, -0.05) is 11.6 Å². The van der Waals surface area contributed by atoms with Crippen molar-refractivity contribution in [1.29, 1.82) is 0 Å². The minimum atomic E-state index is -0.627. The fourth-order valence-electron chi connectivity index (χ4n) is 1.70. The number of nitrogens with zero attached hydrogens (tertiary/aromatic N) is 3. The molecule has 0 saturated heterocycles. The number of hydrogen-bond donors (Lipinski definition) is 0. The number of ketones is 1. The Morgan fingerprint density at radius 2 is 2.28 bits per heavy atom. The molecular formula is C12H11ClFN3O. The van der Waals surface area contributed by atoms with Crippen molar-refractivity contribution in [3.8, 4) is 0 Å². The van der Waals surface area contributed by atoms with Crippen LogP contribution in [0.1, 0.15) is 21.9 Å². The molecule has 0 aliphatic carbocycles. The van der Waals surface area contributed by atoms with Gasteiger partial charge in [-0.15, -0.1) is 0 Å². The summed E-state index contributed by atoms with van der Waals surface area (Å²) in [4.78, 5) is 15.7. The lowest BCUT2D eigenvalue weighted by Crippen LogP contribution is -2.11. The molecule has 0 saturated carbocycles. The third-order valence-electron chi connectivity index (χ3n) is 2.61. The second kappa shape index (κ2) is 4.86. The van der Waals surface area contributed by atoms with Crippen LogP contribution in [0.15, 0.2) is 18.3 Å². The number of aromatic nitrogens is 3. The van der Waals surface area contributed by atoms with Crippen LogP contribution in [0.2, 0.25) is 5.02 Å². The number of aryl methyl sites for hydroxylation is 2. The molecule has 0 spiro atoms. The van der Waals surface area contributed by atoms with Crippen LogP contribution in [0.5, 0.6) is 0 Å². The summed E-state index contributed by atoms with van der Waals surface area (Å²) in [6, 6.07) is 2.64. The summed E-state index contributed by atoms with van der Waals surface area (Å²) in [7, 11) is 1.69. The van der Waals surface area contributed by atoms with Gasteiger partial charge in [0.15, 0.2) is 11.6 Å². The Hall–Kier alpha value is -1.75. The summed E-state index contributed by atoms with van der Waals surface area (Å²) < 4.78 is 14.9. The number of pyridine rings is 1. The fraction of sp³-hybridized carbons (Fsp3) is 0.250. The molecule has 0 radical (unpaired) electrons. The van der Waals surface area contributed by atoms with Gasteiger partial charge in [-0.05, 0) is 19.1 Å². The van der Waals surface area contributed by atoms with Gasteiger partial charge >= 0.3 is 0 Å². The van der Waals surface area contributed by atoms with Crippen LogP contribution in [0.25, 0.3) is 0 Å². The highest BCUT2D eigenvalue weighted by molar-refractivity contribution is 6.32. The van der Waals surface area contributed by atoms with E-state index < -0.39 is 11.6 Å². The van der Waals surface area contributed by atoms with Gasteiger partial charge < -0.3 is 0 Å². The molecule has 2 aromatic rings. The summed E-state index contributed by atoms with van der Waals surface area (Å²) in [5, 5.41) is 4.53. The molecule has 6 heteroatoms. The number of carbonyl (C=O) groups is 1. The monoisotopic (exact) mass is 267 g/mol. The maximum absolute atomic E-state index is 13.4. The molecule has 0 N–H and O–H groups in total. The molecule has 18 heavy (non-hydrogen) atoms. The van der Waals surface area contributed by atoms with E-state index in [1.807, 2.05) is 0 Å². The molecule has 2 rings (SSSR count). The van der Waals surface area contributed by atoms with Crippen LogP contribution < -0.4 is 0 Å². The zero-order chi connectivity index (χ0) is 13.3. The average Bonchev–Trinajstić information content (AvgIpc) is 2.56. The van der Waals surface area contributed by atoms with Gasteiger partial charge in [-0.25, -0.2) is 4.39 Å². The van der Waals surface area contributed by atoms with E-state index in [-0.39, 0.29) is 12.1 Å². The first-order chi connectivity index (χ1) is 8.50. The second-order valence-electron chi connectivity index (χ2n) is 3.90. The van der Waals surface area contributed by atoms with Crippen molar-refractivity contribution in [2.45, 2.75) is 13.3 Å². The molecular weight excluding hydrogens is 257 g/mol. The highest BCUT2D eigenvalue weighted by atomic mass is 35.5. The summed E-state index contributed by atoms with van der Waals surface area (Å²) in [6.45, 7) is 1.75. The molecule has 0 aliphatic heterocycles. The van der Waals surface area contributed by atoms with Crippen molar-refractivity contribution in [3.63, 3.8) is 0 Å². The van der Waals surface area contributed by atoms with Gasteiger partial charge in [0.05, 0.1) is 22.8 Å². The van der Waals surface area contributed by atoms with Crippen LogP contribution in [0.4, 0.5) is 4.39 Å². The normalized spacial score (nSPS) is 10.7. The van der Waals surface area contributed by atoms with Crippen molar-refractivity contribution in [3.05, 3.63) is 46.3 Å². The van der Waals surface area contributed by atoms with Gasteiger partial charge in [0.1, 0.15) is 5.69 Å². The van der Waals surface area contributed by atoms with Gasteiger partial charge in [0.25, 0.3) is 0 Å². The number of Topliss-reactive ketones (excluding diaryl/α,β-unsaturated/α-hetero) is 1. The van der Waals surface area contributed by atoms with Crippen molar-refractivity contribution in [2.75, 3.05) is 0 Å². The van der Waals surface area contributed by atoms with Crippen molar-refractivity contribution >= 4 is 17.4 Å². The SMILES string of the molecule is Cc1nn(C)c(CC(=O)c2ncccc2F)c1Cl. The zero-order valence-electron chi connectivity index (χ0n) is 9.94. The molecule has 0 aliphatic rings. The summed E-state index contributed by atoms with van der Waals surface area (Å²) >= 11 is 6.04. The molecule has 2 heterocycles. The quantitative estimate of drug-likeness (QED) is 0.802. The van der Waals surface area contributed by atoms with Crippen molar-refractivity contribution < 1.29 is 9.18 Å². The summed E-state index contributed by atoms with van der Waals surface area (Å²) in [6.07, 6.45) is 1.36. The average molecular weight is 268 g/mol. The van der Waals surface area contributed by atoms with Gasteiger partial charge in [-0.2, -0.15) is 5.10 Å². The molecule has 4 nitrogen and oxygen atoms in total. The molecule has 0 atom stereocenters. The lowest BCUT2D eigenvalue weighted by atomic mass is 10.1. The molecule has 2 aromatic heterocycles. The number of hydrogen-bond acceptors (Lipinski definition) is 3. The molecule has 0 bridgehead atoms. The van der Waals surface area contributed by atoms with E-state index in [0.717, 1.165) is 0 Å². The Bertz CT molecular complexity index is 609. The topological polar surface area (TPSA) is 47.8 Å². The first-order valence-corrected chi connectivity index (χ1v) is 5.70. The first-order valence-electron chi connectivity index (χ1n) is 5.32. The van der Waals surface area contributed by atoms with E-state index in [9.17, 15) is 9.18 Å². The van der Waals surface area contributed by atoms with Crippen molar-refractivity contribution in [2.24, 2.45) is 7.05 Å². The number of halogens is 2. The third kappa shape index (κ3) is 2.26. The maximum atomic E-state index is 13.4. The Labute approximate surface area is 108 Å². The fourth-order valence-corrected chi connectivity index (χ4v) is 1.93. The molecule has 0 amide bonds. The lowest BCUT2D eigenvalue weighted by Gasteiger charge is -2.03. The van der Waals surface area contributed by atoms with E-state index in [1.54, 1.807) is 14.0 Å². The van der Waals surface area contributed by atoms with Crippen LogP contribution in [-0.2, 0) is 13.5 Å². The van der Waals surface area contributed by atoms with E-state index in [1.165, 1.54) is 23.0 Å². The zero-order valence-corrected chi connectivity index (χ0v) is 10.7. The number of carbonyl (C=O) groups excluding carboxylic acids is 1. The highest BCUT2D eigenvalue weighted by Gasteiger charge is 2.19. The lowest BCUT2D eigenvalue weighted by molar-refractivity contribution is 0.0981. The van der Waals surface area contributed by atoms with Gasteiger partial charge in [-0.3, -0.25) is 14.5 Å². The third-order valence-corrected chi connectivity index (χ3v) is 3.10. The highest BCUT2D eigenvalue weighted by Crippen LogP contribution is 2.21. The molecule has 0 fully saturated rings. The minimum absolute atomic E-state index is 0.0237. The van der Waals surface area contributed by atoms with Crippen molar-refractivity contribution in [1.82, 2.24) is 14.8 Å². The van der Waals surface area contributed by atoms with Gasteiger partial charge in [0.2, 0.25) is 0 Å². The van der Waals surface area contributed by atoms with Crippen LogP contribution in [0.3, 0.4) is 0 Å². The Morgan fingerprint density at radius 1 is 1.56 bits per heavy atom. The maximum Gasteiger partial charge on any atom is 0.190 e. The van der Waals surface area contributed by atoms with E-state index in [0.29, 0.717) is 16.4 Å². The van der Waals surface area contributed by atoms with Crippen LogP contribution in [0, 0.1) is 12.7 Å². The molecule has 0 aromatic carbocycles. The molecule has 0 unspecified atom stereocenters.